The van der Waals surface area contributed by atoms with Gasteiger partial charge in [-0.2, -0.15) is 0 Å². The van der Waals surface area contributed by atoms with Crippen molar-refractivity contribution in [3.63, 3.8) is 0 Å². The van der Waals surface area contributed by atoms with E-state index in [1.54, 1.807) is 6.92 Å². The first kappa shape index (κ1) is 12.1. The Morgan fingerprint density at radius 3 is 2.60 bits per heavy atom. The predicted octanol–water partition coefficient (Wildman–Crippen LogP) is 2.80. The molecule has 0 aliphatic rings. The van der Waals surface area contributed by atoms with Crippen molar-refractivity contribution in [3.8, 4) is 0 Å². The van der Waals surface area contributed by atoms with E-state index in [9.17, 15) is 4.79 Å². The second kappa shape index (κ2) is 5.17. The molecule has 82 valence electrons. The highest BCUT2D eigenvalue weighted by molar-refractivity contribution is 6.30. The normalized spacial score (nSPS) is 14.4. The van der Waals surface area contributed by atoms with Crippen molar-refractivity contribution in [1.82, 2.24) is 5.32 Å². The monoisotopic (exact) mass is 225 g/mol. The first-order valence-corrected chi connectivity index (χ1v) is 5.45. The highest BCUT2D eigenvalue weighted by Gasteiger charge is 2.13. The van der Waals surface area contributed by atoms with Crippen LogP contribution < -0.4 is 5.32 Å². The number of aryl methyl sites for hydroxylation is 1. The van der Waals surface area contributed by atoms with E-state index >= 15 is 0 Å². The molecule has 2 atom stereocenters. The summed E-state index contributed by atoms with van der Waals surface area (Å²) in [6, 6.07) is 8.07. The predicted molar refractivity (Wildman–Crippen MR) is 63.1 cm³/mol. The van der Waals surface area contributed by atoms with Crippen molar-refractivity contribution in [2.24, 2.45) is 0 Å². The lowest BCUT2D eigenvalue weighted by Gasteiger charge is -2.15. The number of amides is 1. The molecule has 1 amide bonds. The van der Waals surface area contributed by atoms with E-state index in [-0.39, 0.29) is 11.9 Å². The number of alkyl halides is 1. The van der Waals surface area contributed by atoms with Gasteiger partial charge >= 0.3 is 0 Å². The molecule has 1 N–H and O–H groups in total. The van der Waals surface area contributed by atoms with Crippen molar-refractivity contribution in [2.75, 3.05) is 0 Å². The van der Waals surface area contributed by atoms with Crippen LogP contribution >= 0.6 is 11.6 Å². The summed E-state index contributed by atoms with van der Waals surface area (Å²) in [6.45, 7) is 5.65. The maximum atomic E-state index is 11.4. The molecule has 0 aliphatic heterocycles. The maximum Gasteiger partial charge on any atom is 0.238 e. The van der Waals surface area contributed by atoms with Gasteiger partial charge in [0, 0.05) is 0 Å². The third-order valence-corrected chi connectivity index (χ3v) is 2.46. The lowest BCUT2D eigenvalue weighted by atomic mass is 10.1. The molecule has 1 aromatic carbocycles. The largest absolute Gasteiger partial charge is 0.348 e. The van der Waals surface area contributed by atoms with Crippen LogP contribution in [0.15, 0.2) is 24.3 Å². The highest BCUT2D eigenvalue weighted by atomic mass is 35.5. The number of carbonyl (C=O) groups excluding carboxylic acids is 1. The van der Waals surface area contributed by atoms with Gasteiger partial charge < -0.3 is 5.32 Å². The van der Waals surface area contributed by atoms with E-state index in [0.29, 0.717) is 0 Å². The summed E-state index contributed by atoms with van der Waals surface area (Å²) in [5.41, 5.74) is 2.29. The van der Waals surface area contributed by atoms with E-state index in [2.05, 4.69) is 11.4 Å². The molecule has 2 nitrogen and oxygen atoms in total. The summed E-state index contributed by atoms with van der Waals surface area (Å²) in [5.74, 6) is -0.134. The number of hydrogen-bond acceptors (Lipinski definition) is 1. The zero-order chi connectivity index (χ0) is 11.4. The molecular weight excluding hydrogens is 210 g/mol. The van der Waals surface area contributed by atoms with Crippen LogP contribution in [0.2, 0.25) is 0 Å². The smallest absolute Gasteiger partial charge is 0.238 e. The van der Waals surface area contributed by atoms with Crippen LogP contribution in [0, 0.1) is 6.92 Å². The van der Waals surface area contributed by atoms with Gasteiger partial charge in [-0.25, -0.2) is 0 Å². The molecule has 0 radical (unpaired) electrons. The number of halogens is 1. The number of hydrogen-bond donors (Lipinski definition) is 1. The third kappa shape index (κ3) is 3.56. The quantitative estimate of drug-likeness (QED) is 0.788. The highest BCUT2D eigenvalue weighted by Crippen LogP contribution is 2.14. The molecule has 0 bridgehead atoms. The number of benzene rings is 1. The Kier molecular flexibility index (Phi) is 4.15. The van der Waals surface area contributed by atoms with Gasteiger partial charge in [-0.05, 0) is 26.3 Å². The van der Waals surface area contributed by atoms with Crippen molar-refractivity contribution in [2.45, 2.75) is 32.2 Å². The van der Waals surface area contributed by atoms with Crippen LogP contribution in [0.5, 0.6) is 0 Å². The molecule has 0 aromatic heterocycles. The van der Waals surface area contributed by atoms with Gasteiger partial charge in [-0.1, -0.05) is 29.8 Å². The lowest BCUT2D eigenvalue weighted by molar-refractivity contribution is -0.121. The van der Waals surface area contributed by atoms with Crippen molar-refractivity contribution in [3.05, 3.63) is 35.4 Å². The zero-order valence-corrected chi connectivity index (χ0v) is 10.0. The third-order valence-electron chi connectivity index (χ3n) is 2.26. The van der Waals surface area contributed by atoms with Crippen LogP contribution in [-0.2, 0) is 4.79 Å². The Balaban J connectivity index is 2.69. The van der Waals surface area contributed by atoms with Crippen molar-refractivity contribution < 1.29 is 4.79 Å². The average molecular weight is 226 g/mol. The summed E-state index contributed by atoms with van der Waals surface area (Å²) >= 11 is 5.68. The molecule has 0 aliphatic carbocycles. The molecule has 0 saturated heterocycles. The first-order chi connectivity index (χ1) is 7.00. The summed E-state index contributed by atoms with van der Waals surface area (Å²) in [4.78, 5) is 11.4. The molecule has 1 unspecified atom stereocenters. The van der Waals surface area contributed by atoms with E-state index in [1.165, 1.54) is 5.56 Å². The van der Waals surface area contributed by atoms with E-state index in [0.717, 1.165) is 5.56 Å². The minimum atomic E-state index is -0.489. The number of carbonyl (C=O) groups is 1. The van der Waals surface area contributed by atoms with E-state index in [1.807, 2.05) is 32.0 Å². The van der Waals surface area contributed by atoms with Gasteiger partial charge in [-0.3, -0.25) is 4.79 Å². The summed E-state index contributed by atoms with van der Waals surface area (Å²) in [5, 5.41) is 2.36. The number of rotatable bonds is 3. The van der Waals surface area contributed by atoms with Crippen LogP contribution in [-0.4, -0.2) is 11.3 Å². The molecule has 0 saturated carbocycles. The van der Waals surface area contributed by atoms with E-state index in [4.69, 9.17) is 11.6 Å². The van der Waals surface area contributed by atoms with Crippen molar-refractivity contribution in [1.29, 1.82) is 0 Å². The fourth-order valence-electron chi connectivity index (χ4n) is 1.35. The van der Waals surface area contributed by atoms with Gasteiger partial charge in [0.1, 0.15) is 5.38 Å². The van der Waals surface area contributed by atoms with Gasteiger partial charge in [0.2, 0.25) is 5.91 Å². The summed E-state index contributed by atoms with van der Waals surface area (Å²) < 4.78 is 0. The topological polar surface area (TPSA) is 29.1 Å². The first-order valence-electron chi connectivity index (χ1n) is 5.01. The number of nitrogens with one attached hydrogen (secondary N) is 1. The fourth-order valence-corrected chi connectivity index (χ4v) is 1.41. The zero-order valence-electron chi connectivity index (χ0n) is 9.25. The summed E-state index contributed by atoms with van der Waals surface area (Å²) in [6.07, 6.45) is 0. The molecule has 3 heteroatoms. The Morgan fingerprint density at radius 2 is 2.07 bits per heavy atom. The Bertz CT molecular complexity index is 349. The minimum absolute atomic E-state index is 0.00130. The molecular formula is C12H16ClNO. The Labute approximate surface area is 95.6 Å². The van der Waals surface area contributed by atoms with Gasteiger partial charge in [0.25, 0.3) is 0 Å². The van der Waals surface area contributed by atoms with Gasteiger partial charge in [0.05, 0.1) is 6.04 Å². The average Bonchev–Trinajstić information content (AvgIpc) is 2.17. The van der Waals surface area contributed by atoms with Crippen LogP contribution in [0.25, 0.3) is 0 Å². The van der Waals surface area contributed by atoms with E-state index < -0.39 is 5.38 Å². The molecule has 1 aromatic rings. The Hall–Kier alpha value is -1.02. The Morgan fingerprint density at radius 1 is 1.40 bits per heavy atom. The second-order valence-corrected chi connectivity index (χ2v) is 4.42. The summed E-state index contributed by atoms with van der Waals surface area (Å²) in [7, 11) is 0. The van der Waals surface area contributed by atoms with Gasteiger partial charge in [-0.15, -0.1) is 11.6 Å². The standard InChI is InChI=1S/C12H16ClNO/c1-8-5-4-6-11(7-8)10(3)14-12(15)9(2)13/h4-7,9-10H,1-3H3,(H,14,15)/t9?,10-/m0/s1. The SMILES string of the molecule is Cc1cccc([C@H](C)NC(=O)C(C)Cl)c1. The second-order valence-electron chi connectivity index (χ2n) is 3.76. The molecule has 0 heterocycles. The molecule has 1 rings (SSSR count). The minimum Gasteiger partial charge on any atom is -0.348 e. The van der Waals surface area contributed by atoms with Crippen molar-refractivity contribution >= 4 is 17.5 Å². The lowest BCUT2D eigenvalue weighted by Crippen LogP contribution is -2.31. The van der Waals surface area contributed by atoms with Gasteiger partial charge in [0.15, 0.2) is 0 Å². The van der Waals surface area contributed by atoms with Crippen LogP contribution in [0.4, 0.5) is 0 Å². The van der Waals surface area contributed by atoms with Crippen LogP contribution in [0.1, 0.15) is 31.0 Å². The molecule has 15 heavy (non-hydrogen) atoms. The maximum absolute atomic E-state index is 11.4. The van der Waals surface area contributed by atoms with Crippen LogP contribution in [0.3, 0.4) is 0 Å². The molecule has 0 fully saturated rings. The fraction of sp³-hybridized carbons (Fsp3) is 0.417. The molecule has 0 spiro atoms.